The first-order chi connectivity index (χ1) is 5.83. The molecule has 1 rings (SSSR count). The first kappa shape index (κ1) is 11.1. The van der Waals surface area contributed by atoms with Crippen LogP contribution in [0.2, 0.25) is 0 Å². The monoisotopic (exact) mass is 207 g/mol. The Bertz CT molecular complexity index is 205. The highest BCUT2D eigenvalue weighted by molar-refractivity contribution is 7.79. The van der Waals surface area contributed by atoms with Gasteiger partial charge in [0.15, 0.2) is 0 Å². The van der Waals surface area contributed by atoms with E-state index in [9.17, 15) is 8.76 Å². The Morgan fingerprint density at radius 2 is 2.08 bits per heavy atom. The molecule has 0 spiro atoms. The van der Waals surface area contributed by atoms with Gasteiger partial charge in [-0.1, -0.05) is 11.1 Å². The molecule has 0 bridgehead atoms. The van der Waals surface area contributed by atoms with Crippen LogP contribution in [-0.2, 0) is 20.6 Å². The third-order valence-corrected chi connectivity index (χ3v) is 2.40. The molecule has 0 N–H and O–H groups in total. The summed E-state index contributed by atoms with van der Waals surface area (Å²) in [5.74, 6) is 0.0181. The average Bonchev–Trinajstić information content (AvgIpc) is 1.78. The Morgan fingerprint density at radius 1 is 1.54 bits per heavy atom. The maximum absolute atomic E-state index is 10.6. The molecule has 13 heavy (non-hydrogen) atoms. The minimum atomic E-state index is -2.07. The first-order valence-corrected chi connectivity index (χ1v) is 5.41. The molecule has 1 atom stereocenters. The van der Waals surface area contributed by atoms with Crippen LogP contribution in [0.4, 0.5) is 0 Å². The van der Waals surface area contributed by atoms with Gasteiger partial charge in [0.25, 0.3) is 0 Å². The van der Waals surface area contributed by atoms with Crippen LogP contribution in [0.15, 0.2) is 0 Å². The number of hydrogen-bond acceptors (Lipinski definition) is 4. The van der Waals surface area contributed by atoms with Crippen molar-refractivity contribution in [1.82, 2.24) is 0 Å². The summed E-state index contributed by atoms with van der Waals surface area (Å²) in [4.78, 5) is 0. The second kappa shape index (κ2) is 3.65. The molecular formula is C8H15O4S-. The van der Waals surface area contributed by atoms with Crippen molar-refractivity contribution in [3.63, 3.8) is 0 Å². The van der Waals surface area contributed by atoms with Gasteiger partial charge in [-0.05, 0) is 20.8 Å². The Balaban J connectivity index is 2.55. The molecule has 4 nitrogen and oxygen atoms in total. The zero-order valence-electron chi connectivity index (χ0n) is 8.16. The van der Waals surface area contributed by atoms with Crippen molar-refractivity contribution in [2.45, 2.75) is 32.0 Å². The van der Waals surface area contributed by atoms with E-state index < -0.39 is 16.7 Å². The fraction of sp³-hybridized carbons (Fsp3) is 1.00. The Kier molecular flexibility index (Phi) is 3.12. The highest BCUT2D eigenvalue weighted by Crippen LogP contribution is 2.28. The molecule has 0 aromatic heterocycles. The SMILES string of the molecule is CC(C)(C)OC1(CS(=O)[O-])COC1. The number of hydrogen-bond donors (Lipinski definition) is 0. The summed E-state index contributed by atoms with van der Waals surface area (Å²) in [7, 11) is 0. The summed E-state index contributed by atoms with van der Waals surface area (Å²) >= 11 is -2.07. The van der Waals surface area contributed by atoms with Crippen molar-refractivity contribution in [3.8, 4) is 0 Å². The van der Waals surface area contributed by atoms with Gasteiger partial charge in [0.2, 0.25) is 0 Å². The fourth-order valence-corrected chi connectivity index (χ4v) is 2.02. The third kappa shape index (κ3) is 3.34. The molecule has 5 heteroatoms. The maximum atomic E-state index is 10.6. The van der Waals surface area contributed by atoms with Crippen LogP contribution in [-0.4, -0.2) is 38.9 Å². The topological polar surface area (TPSA) is 58.6 Å². The molecule has 1 aliphatic heterocycles. The smallest absolute Gasteiger partial charge is 0.126 e. The van der Waals surface area contributed by atoms with Crippen molar-refractivity contribution >= 4 is 11.1 Å². The Hall–Kier alpha value is 0.0300. The lowest BCUT2D eigenvalue weighted by Gasteiger charge is -2.45. The van der Waals surface area contributed by atoms with Crippen LogP contribution in [0.25, 0.3) is 0 Å². The quantitative estimate of drug-likeness (QED) is 0.630. The lowest BCUT2D eigenvalue weighted by Crippen LogP contribution is -2.58. The van der Waals surface area contributed by atoms with Gasteiger partial charge in [-0.3, -0.25) is 4.21 Å². The molecule has 0 aromatic rings. The average molecular weight is 207 g/mol. The molecule has 0 saturated carbocycles. The minimum Gasteiger partial charge on any atom is -0.772 e. The van der Waals surface area contributed by atoms with E-state index >= 15 is 0 Å². The first-order valence-electron chi connectivity index (χ1n) is 4.17. The Labute approximate surface area is 80.9 Å². The summed E-state index contributed by atoms with van der Waals surface area (Å²) in [6.45, 7) is 6.46. The van der Waals surface area contributed by atoms with Gasteiger partial charge in [0.1, 0.15) is 5.60 Å². The molecular weight excluding hydrogens is 192 g/mol. The zero-order chi connectivity index (χ0) is 10.1. The van der Waals surface area contributed by atoms with E-state index in [1.807, 2.05) is 20.8 Å². The predicted molar refractivity (Wildman–Crippen MR) is 48.2 cm³/mol. The van der Waals surface area contributed by atoms with Crippen molar-refractivity contribution in [2.24, 2.45) is 0 Å². The normalized spacial score (nSPS) is 23.7. The predicted octanol–water partition coefficient (Wildman–Crippen LogP) is 0.450. The van der Waals surface area contributed by atoms with Gasteiger partial charge < -0.3 is 14.0 Å². The lowest BCUT2D eigenvalue weighted by molar-refractivity contribution is -0.237. The van der Waals surface area contributed by atoms with Crippen LogP contribution >= 0.6 is 0 Å². The van der Waals surface area contributed by atoms with E-state index in [1.54, 1.807) is 0 Å². The summed E-state index contributed by atoms with van der Waals surface area (Å²) in [6, 6.07) is 0. The van der Waals surface area contributed by atoms with Crippen molar-refractivity contribution < 1.29 is 18.2 Å². The highest BCUT2D eigenvalue weighted by atomic mass is 32.2. The summed E-state index contributed by atoms with van der Waals surface area (Å²) < 4.78 is 31.8. The van der Waals surface area contributed by atoms with E-state index in [4.69, 9.17) is 9.47 Å². The van der Waals surface area contributed by atoms with E-state index in [1.165, 1.54) is 0 Å². The molecule has 1 aliphatic rings. The van der Waals surface area contributed by atoms with Gasteiger partial charge in [-0.2, -0.15) is 0 Å². The van der Waals surface area contributed by atoms with Crippen molar-refractivity contribution in [2.75, 3.05) is 19.0 Å². The van der Waals surface area contributed by atoms with Gasteiger partial charge >= 0.3 is 0 Å². The standard InChI is InChI=1S/C8H16O4S/c1-7(2,3)12-8(4-11-5-8)6-13(9)10/h4-6H2,1-3H3,(H,9,10)/p-1. The van der Waals surface area contributed by atoms with Gasteiger partial charge in [-0.25, -0.2) is 0 Å². The van der Waals surface area contributed by atoms with E-state index in [-0.39, 0.29) is 11.4 Å². The van der Waals surface area contributed by atoms with Crippen LogP contribution < -0.4 is 0 Å². The van der Waals surface area contributed by atoms with Gasteiger partial charge in [-0.15, -0.1) is 0 Å². The van der Waals surface area contributed by atoms with Crippen molar-refractivity contribution in [1.29, 1.82) is 0 Å². The molecule has 1 heterocycles. The molecule has 0 radical (unpaired) electrons. The van der Waals surface area contributed by atoms with E-state index in [0.717, 1.165) is 0 Å². The lowest BCUT2D eigenvalue weighted by atomic mass is 10.0. The van der Waals surface area contributed by atoms with Crippen LogP contribution in [0.1, 0.15) is 20.8 Å². The zero-order valence-corrected chi connectivity index (χ0v) is 8.98. The summed E-state index contributed by atoms with van der Waals surface area (Å²) in [6.07, 6.45) is 0. The second-order valence-corrected chi connectivity index (χ2v) is 5.23. The minimum absolute atomic E-state index is 0.0181. The number of rotatable bonds is 3. The third-order valence-electron chi connectivity index (χ3n) is 1.63. The number of ether oxygens (including phenoxy) is 2. The summed E-state index contributed by atoms with van der Waals surface area (Å²) in [5.41, 5.74) is -0.936. The van der Waals surface area contributed by atoms with Crippen LogP contribution in [0, 0.1) is 0 Å². The molecule has 78 valence electrons. The van der Waals surface area contributed by atoms with E-state index in [0.29, 0.717) is 13.2 Å². The van der Waals surface area contributed by atoms with Gasteiger partial charge in [0, 0.05) is 5.75 Å². The Morgan fingerprint density at radius 3 is 2.31 bits per heavy atom. The van der Waals surface area contributed by atoms with Gasteiger partial charge in [0.05, 0.1) is 18.8 Å². The highest BCUT2D eigenvalue weighted by Gasteiger charge is 2.42. The largest absolute Gasteiger partial charge is 0.772 e. The van der Waals surface area contributed by atoms with Crippen LogP contribution in [0.5, 0.6) is 0 Å². The molecule has 0 aromatic carbocycles. The molecule has 1 unspecified atom stereocenters. The van der Waals surface area contributed by atoms with Crippen molar-refractivity contribution in [3.05, 3.63) is 0 Å². The second-order valence-electron chi connectivity index (χ2n) is 4.34. The maximum Gasteiger partial charge on any atom is 0.126 e. The molecule has 1 fully saturated rings. The fourth-order valence-electron chi connectivity index (χ4n) is 1.37. The van der Waals surface area contributed by atoms with Crippen LogP contribution in [0.3, 0.4) is 0 Å². The summed E-state index contributed by atoms with van der Waals surface area (Å²) in [5, 5.41) is 0. The molecule has 0 aliphatic carbocycles. The molecule has 1 saturated heterocycles. The molecule has 0 amide bonds. The van der Waals surface area contributed by atoms with E-state index in [2.05, 4.69) is 0 Å².